The summed E-state index contributed by atoms with van der Waals surface area (Å²) in [5.74, 6) is -0.403. The Labute approximate surface area is 123 Å². The zero-order chi connectivity index (χ0) is 15.4. The predicted octanol–water partition coefficient (Wildman–Crippen LogP) is 2.91. The van der Waals surface area contributed by atoms with Crippen molar-refractivity contribution in [3.63, 3.8) is 0 Å². The monoisotopic (exact) mass is 287 g/mol. The molecule has 110 valence electrons. The van der Waals surface area contributed by atoms with Crippen LogP contribution in [0.5, 0.6) is 5.75 Å². The summed E-state index contributed by atoms with van der Waals surface area (Å²) >= 11 is 0. The number of pyridine rings is 1. The number of hydrogen-bond acceptors (Lipinski definition) is 4. The molecule has 0 atom stereocenters. The van der Waals surface area contributed by atoms with E-state index in [0.717, 1.165) is 16.8 Å². The fourth-order valence-corrected chi connectivity index (χ4v) is 2.18. The van der Waals surface area contributed by atoms with Crippen LogP contribution in [0.1, 0.15) is 21.6 Å². The van der Waals surface area contributed by atoms with Crippen LogP contribution < -0.4 is 4.74 Å². The van der Waals surface area contributed by atoms with Crippen molar-refractivity contribution in [1.29, 1.82) is 0 Å². The maximum absolute atomic E-state index is 11.4. The van der Waals surface area contributed by atoms with Crippen molar-refractivity contribution >= 4 is 5.97 Å². The van der Waals surface area contributed by atoms with Crippen LogP contribution in [0.4, 0.5) is 0 Å². The van der Waals surface area contributed by atoms with Gasteiger partial charge in [0.15, 0.2) is 0 Å². The van der Waals surface area contributed by atoms with Crippen LogP contribution in [-0.4, -0.2) is 30.3 Å². The normalized spacial score (nSPS) is 10.4. The Hall–Kier alpha value is -2.40. The van der Waals surface area contributed by atoms with Crippen molar-refractivity contribution in [3.05, 3.63) is 47.3 Å². The molecule has 0 aliphatic heterocycles. The Morgan fingerprint density at radius 3 is 2.62 bits per heavy atom. The summed E-state index contributed by atoms with van der Waals surface area (Å²) in [5, 5.41) is 9.35. The largest absolute Gasteiger partial charge is 0.496 e. The second-order valence-corrected chi connectivity index (χ2v) is 4.64. The number of hydrogen-bond donors (Lipinski definition) is 1. The van der Waals surface area contributed by atoms with E-state index < -0.39 is 5.97 Å². The highest BCUT2D eigenvalue weighted by Crippen LogP contribution is 2.33. The molecule has 0 aliphatic rings. The first-order valence-corrected chi connectivity index (χ1v) is 6.43. The minimum Gasteiger partial charge on any atom is -0.496 e. The van der Waals surface area contributed by atoms with Gasteiger partial charge in [0, 0.05) is 30.1 Å². The average molecular weight is 287 g/mol. The first kappa shape index (κ1) is 15.0. The van der Waals surface area contributed by atoms with Crippen molar-refractivity contribution in [2.75, 3.05) is 14.2 Å². The lowest BCUT2D eigenvalue weighted by molar-refractivity contribution is 0.0697. The third-order valence-corrected chi connectivity index (χ3v) is 3.14. The van der Waals surface area contributed by atoms with Crippen LogP contribution in [-0.2, 0) is 11.3 Å². The maximum Gasteiger partial charge on any atom is 0.337 e. The number of aryl methyl sites for hydroxylation is 1. The van der Waals surface area contributed by atoms with Gasteiger partial charge in [-0.3, -0.25) is 4.98 Å². The van der Waals surface area contributed by atoms with Crippen LogP contribution in [0.2, 0.25) is 0 Å². The van der Waals surface area contributed by atoms with Gasteiger partial charge in [-0.25, -0.2) is 4.79 Å². The molecule has 2 rings (SSSR count). The van der Waals surface area contributed by atoms with Gasteiger partial charge in [-0.2, -0.15) is 0 Å². The fourth-order valence-electron chi connectivity index (χ4n) is 2.18. The van der Waals surface area contributed by atoms with E-state index in [4.69, 9.17) is 9.47 Å². The highest BCUT2D eigenvalue weighted by Gasteiger charge is 2.16. The third kappa shape index (κ3) is 3.20. The number of carboxylic acid groups (broad SMARTS) is 1. The molecule has 0 spiro atoms. The zero-order valence-corrected chi connectivity index (χ0v) is 12.2. The van der Waals surface area contributed by atoms with Crippen LogP contribution >= 0.6 is 0 Å². The first-order chi connectivity index (χ1) is 10.1. The maximum atomic E-state index is 11.4. The van der Waals surface area contributed by atoms with Crippen LogP contribution in [0.15, 0.2) is 30.5 Å². The molecule has 0 unspecified atom stereocenters. The number of aromatic nitrogens is 1. The Morgan fingerprint density at radius 1 is 1.24 bits per heavy atom. The van der Waals surface area contributed by atoms with E-state index in [1.807, 2.05) is 25.1 Å². The van der Waals surface area contributed by atoms with Crippen molar-refractivity contribution in [1.82, 2.24) is 4.98 Å². The zero-order valence-electron chi connectivity index (χ0n) is 12.2. The van der Waals surface area contributed by atoms with Crippen LogP contribution in [0.3, 0.4) is 0 Å². The molecule has 0 aliphatic carbocycles. The molecule has 0 saturated heterocycles. The second-order valence-electron chi connectivity index (χ2n) is 4.64. The molecule has 1 heterocycles. The summed E-state index contributed by atoms with van der Waals surface area (Å²) in [6, 6.07) is 7.33. The summed E-state index contributed by atoms with van der Waals surface area (Å²) in [5.41, 5.74) is 3.14. The SMILES string of the molecule is COCc1ccc(OC)c(-c2cc(C)ncc2C(=O)O)c1. The van der Waals surface area contributed by atoms with Gasteiger partial charge in [0.2, 0.25) is 0 Å². The second kappa shape index (κ2) is 6.37. The third-order valence-electron chi connectivity index (χ3n) is 3.14. The lowest BCUT2D eigenvalue weighted by atomic mass is 9.98. The van der Waals surface area contributed by atoms with Crippen molar-refractivity contribution in [2.24, 2.45) is 0 Å². The summed E-state index contributed by atoms with van der Waals surface area (Å²) in [6.07, 6.45) is 1.37. The topological polar surface area (TPSA) is 68.7 Å². The summed E-state index contributed by atoms with van der Waals surface area (Å²) in [4.78, 5) is 15.5. The van der Waals surface area contributed by atoms with Gasteiger partial charge in [-0.1, -0.05) is 6.07 Å². The van der Waals surface area contributed by atoms with E-state index >= 15 is 0 Å². The average Bonchev–Trinajstić information content (AvgIpc) is 2.47. The van der Waals surface area contributed by atoms with Gasteiger partial charge < -0.3 is 14.6 Å². The number of ether oxygens (including phenoxy) is 2. The van der Waals surface area contributed by atoms with Gasteiger partial charge in [-0.15, -0.1) is 0 Å². The lowest BCUT2D eigenvalue weighted by Gasteiger charge is -2.13. The van der Waals surface area contributed by atoms with Gasteiger partial charge in [0.05, 0.1) is 19.3 Å². The van der Waals surface area contributed by atoms with E-state index in [1.54, 1.807) is 20.3 Å². The summed E-state index contributed by atoms with van der Waals surface area (Å²) in [6.45, 7) is 2.27. The molecule has 0 bridgehead atoms. The molecule has 1 aromatic heterocycles. The molecule has 2 aromatic rings. The Kier molecular flexibility index (Phi) is 4.55. The molecule has 5 heteroatoms. The van der Waals surface area contributed by atoms with E-state index in [-0.39, 0.29) is 5.56 Å². The standard InChI is InChI=1S/C16H17NO4/c1-10-6-12(14(8-17-10)16(18)19)13-7-11(9-20-2)4-5-15(13)21-3/h4-8H,9H2,1-3H3,(H,18,19). The Balaban J connectivity index is 2.66. The molecule has 0 amide bonds. The number of benzene rings is 1. The molecule has 0 radical (unpaired) electrons. The number of carbonyl (C=O) groups is 1. The summed E-state index contributed by atoms with van der Waals surface area (Å²) < 4.78 is 10.5. The molecule has 0 saturated carbocycles. The quantitative estimate of drug-likeness (QED) is 0.915. The molecule has 1 N–H and O–H groups in total. The van der Waals surface area contributed by atoms with E-state index in [9.17, 15) is 9.90 Å². The molecular weight excluding hydrogens is 270 g/mol. The van der Waals surface area contributed by atoms with Crippen LogP contribution in [0, 0.1) is 6.92 Å². The number of carboxylic acids is 1. The number of methoxy groups -OCH3 is 2. The highest BCUT2D eigenvalue weighted by molar-refractivity contribution is 5.96. The molecular formula is C16H17NO4. The number of rotatable bonds is 5. The van der Waals surface area contributed by atoms with Gasteiger partial charge >= 0.3 is 5.97 Å². The fraction of sp³-hybridized carbons (Fsp3) is 0.250. The number of aromatic carboxylic acids is 1. The van der Waals surface area contributed by atoms with E-state index in [1.165, 1.54) is 6.20 Å². The minimum absolute atomic E-state index is 0.147. The van der Waals surface area contributed by atoms with Crippen molar-refractivity contribution in [3.8, 4) is 16.9 Å². The van der Waals surface area contributed by atoms with E-state index in [0.29, 0.717) is 17.9 Å². The smallest absolute Gasteiger partial charge is 0.337 e. The summed E-state index contributed by atoms with van der Waals surface area (Å²) in [7, 11) is 3.17. The highest BCUT2D eigenvalue weighted by atomic mass is 16.5. The van der Waals surface area contributed by atoms with E-state index in [2.05, 4.69) is 4.98 Å². The Morgan fingerprint density at radius 2 is 2.00 bits per heavy atom. The molecule has 1 aromatic carbocycles. The molecule has 0 fully saturated rings. The predicted molar refractivity (Wildman–Crippen MR) is 78.6 cm³/mol. The lowest BCUT2D eigenvalue weighted by Crippen LogP contribution is -2.03. The van der Waals surface area contributed by atoms with Gasteiger partial charge in [0.25, 0.3) is 0 Å². The van der Waals surface area contributed by atoms with Crippen molar-refractivity contribution < 1.29 is 19.4 Å². The molecule has 5 nitrogen and oxygen atoms in total. The van der Waals surface area contributed by atoms with Gasteiger partial charge in [-0.05, 0) is 30.7 Å². The molecule has 21 heavy (non-hydrogen) atoms. The van der Waals surface area contributed by atoms with Gasteiger partial charge in [0.1, 0.15) is 5.75 Å². The minimum atomic E-state index is -1.02. The Bertz CT molecular complexity index is 667. The number of nitrogens with zero attached hydrogens (tertiary/aromatic N) is 1. The van der Waals surface area contributed by atoms with Crippen LogP contribution in [0.25, 0.3) is 11.1 Å². The first-order valence-electron chi connectivity index (χ1n) is 6.43. The van der Waals surface area contributed by atoms with Crippen molar-refractivity contribution in [2.45, 2.75) is 13.5 Å².